The Morgan fingerprint density at radius 1 is 1.12 bits per heavy atom. The number of aromatic nitrogens is 2. The summed E-state index contributed by atoms with van der Waals surface area (Å²) >= 11 is 5.92. The minimum Gasteiger partial charge on any atom is -0.365 e. The van der Waals surface area contributed by atoms with Crippen molar-refractivity contribution in [2.45, 2.75) is 6.54 Å². The van der Waals surface area contributed by atoms with Gasteiger partial charge in [0.05, 0.1) is 11.8 Å². The number of benzene rings is 1. The molecular formula is C19H16ClN5O. The zero-order chi connectivity index (χ0) is 18.2. The molecule has 0 unspecified atom stereocenters. The number of carbonyl (C=O) groups excluding carboxylic acids is 1. The van der Waals surface area contributed by atoms with Crippen LogP contribution in [0.3, 0.4) is 0 Å². The molecule has 0 atom stereocenters. The molecule has 0 radical (unpaired) electrons. The molecule has 0 spiro atoms. The Labute approximate surface area is 156 Å². The van der Waals surface area contributed by atoms with Gasteiger partial charge >= 0.3 is 0 Å². The van der Waals surface area contributed by atoms with E-state index in [4.69, 9.17) is 11.6 Å². The highest BCUT2D eigenvalue weighted by atomic mass is 35.5. The molecule has 1 amide bonds. The first-order valence-corrected chi connectivity index (χ1v) is 8.27. The average molecular weight is 366 g/mol. The molecule has 3 aromatic rings. The molecule has 0 aliphatic rings. The van der Waals surface area contributed by atoms with E-state index in [1.807, 2.05) is 24.3 Å². The molecule has 0 aliphatic heterocycles. The van der Waals surface area contributed by atoms with Gasteiger partial charge < -0.3 is 5.32 Å². The Morgan fingerprint density at radius 2 is 1.96 bits per heavy atom. The first-order valence-electron chi connectivity index (χ1n) is 7.89. The number of rotatable bonds is 6. The molecule has 0 aliphatic carbocycles. The van der Waals surface area contributed by atoms with Gasteiger partial charge in [0.15, 0.2) is 0 Å². The predicted molar refractivity (Wildman–Crippen MR) is 102 cm³/mol. The molecule has 2 aromatic heterocycles. The van der Waals surface area contributed by atoms with E-state index in [2.05, 4.69) is 25.8 Å². The van der Waals surface area contributed by atoms with Gasteiger partial charge in [-0.25, -0.2) is 10.4 Å². The Morgan fingerprint density at radius 3 is 2.77 bits per heavy atom. The van der Waals surface area contributed by atoms with Gasteiger partial charge in [-0.2, -0.15) is 5.10 Å². The Kier molecular flexibility index (Phi) is 5.90. The van der Waals surface area contributed by atoms with Gasteiger partial charge in [0.1, 0.15) is 5.82 Å². The molecule has 7 heteroatoms. The van der Waals surface area contributed by atoms with E-state index in [1.165, 1.54) is 6.21 Å². The fourth-order valence-corrected chi connectivity index (χ4v) is 2.43. The van der Waals surface area contributed by atoms with Gasteiger partial charge in [0, 0.05) is 30.2 Å². The van der Waals surface area contributed by atoms with E-state index < -0.39 is 0 Å². The quantitative estimate of drug-likeness (QED) is 0.517. The summed E-state index contributed by atoms with van der Waals surface area (Å²) in [6.07, 6.45) is 6.59. The molecule has 130 valence electrons. The molecule has 0 fully saturated rings. The summed E-state index contributed by atoms with van der Waals surface area (Å²) < 4.78 is 0. The van der Waals surface area contributed by atoms with E-state index in [0.29, 0.717) is 22.9 Å². The summed E-state index contributed by atoms with van der Waals surface area (Å²) in [4.78, 5) is 20.6. The number of hydrogen-bond donors (Lipinski definition) is 2. The number of amides is 1. The lowest BCUT2D eigenvalue weighted by Gasteiger charge is -2.09. The minimum atomic E-state index is -0.353. The normalized spacial score (nSPS) is 10.7. The van der Waals surface area contributed by atoms with Crippen molar-refractivity contribution in [2.75, 3.05) is 5.32 Å². The second kappa shape index (κ2) is 8.73. The van der Waals surface area contributed by atoms with Crippen molar-refractivity contribution >= 4 is 29.5 Å². The van der Waals surface area contributed by atoms with Gasteiger partial charge in [-0.05, 0) is 47.5 Å². The molecule has 26 heavy (non-hydrogen) atoms. The molecule has 0 saturated heterocycles. The second-order valence-electron chi connectivity index (χ2n) is 5.36. The molecule has 1 aromatic carbocycles. The second-order valence-corrected chi connectivity index (χ2v) is 5.80. The Balaban J connectivity index is 1.65. The number of anilines is 1. The predicted octanol–water partition coefficient (Wildman–Crippen LogP) is 3.51. The fourth-order valence-electron chi connectivity index (χ4n) is 2.23. The van der Waals surface area contributed by atoms with Gasteiger partial charge in [-0.15, -0.1) is 0 Å². The molecule has 2 heterocycles. The highest BCUT2D eigenvalue weighted by Crippen LogP contribution is 2.13. The molecule has 2 N–H and O–H groups in total. The third-order valence-corrected chi connectivity index (χ3v) is 3.73. The topological polar surface area (TPSA) is 79.3 Å². The molecule has 0 saturated carbocycles. The van der Waals surface area contributed by atoms with Crippen molar-refractivity contribution in [1.29, 1.82) is 0 Å². The van der Waals surface area contributed by atoms with E-state index in [9.17, 15) is 4.79 Å². The zero-order valence-electron chi connectivity index (χ0n) is 13.8. The SMILES string of the molecule is O=C(N/N=C/c1cccc(Cl)c1)c1cccnc1NCc1ccncc1. The Hall–Kier alpha value is -3.25. The average Bonchev–Trinajstić information content (AvgIpc) is 2.67. The van der Waals surface area contributed by atoms with Gasteiger partial charge in [0.2, 0.25) is 0 Å². The molecule has 0 bridgehead atoms. The number of halogens is 1. The number of carbonyl (C=O) groups is 1. The first-order chi connectivity index (χ1) is 12.7. The van der Waals surface area contributed by atoms with Gasteiger partial charge in [-0.1, -0.05) is 23.7 Å². The number of hydrazone groups is 1. The highest BCUT2D eigenvalue weighted by Gasteiger charge is 2.11. The maximum absolute atomic E-state index is 12.4. The summed E-state index contributed by atoms with van der Waals surface area (Å²) in [6, 6.07) is 14.4. The lowest BCUT2D eigenvalue weighted by atomic mass is 10.2. The van der Waals surface area contributed by atoms with Crippen LogP contribution in [-0.2, 0) is 6.54 Å². The number of nitrogens with one attached hydrogen (secondary N) is 2. The van der Waals surface area contributed by atoms with Crippen LogP contribution in [0.4, 0.5) is 5.82 Å². The third kappa shape index (κ3) is 4.87. The van der Waals surface area contributed by atoms with E-state index in [1.54, 1.807) is 42.9 Å². The lowest BCUT2D eigenvalue weighted by Crippen LogP contribution is -2.20. The van der Waals surface area contributed by atoms with Crippen LogP contribution in [-0.4, -0.2) is 22.1 Å². The maximum Gasteiger partial charge on any atom is 0.275 e. The smallest absolute Gasteiger partial charge is 0.275 e. The number of nitrogens with zero attached hydrogens (tertiary/aromatic N) is 3. The zero-order valence-corrected chi connectivity index (χ0v) is 14.5. The van der Waals surface area contributed by atoms with Crippen LogP contribution in [0.5, 0.6) is 0 Å². The van der Waals surface area contributed by atoms with Crippen LogP contribution in [0.2, 0.25) is 5.02 Å². The molecular weight excluding hydrogens is 350 g/mol. The number of pyridine rings is 2. The summed E-state index contributed by atoms with van der Waals surface area (Å²) in [5.41, 5.74) is 4.74. The van der Waals surface area contributed by atoms with Crippen LogP contribution < -0.4 is 10.7 Å². The third-order valence-electron chi connectivity index (χ3n) is 3.49. The maximum atomic E-state index is 12.4. The highest BCUT2D eigenvalue weighted by molar-refractivity contribution is 6.30. The van der Waals surface area contributed by atoms with Crippen molar-refractivity contribution < 1.29 is 4.79 Å². The minimum absolute atomic E-state index is 0.353. The van der Waals surface area contributed by atoms with Crippen LogP contribution in [0.1, 0.15) is 21.5 Å². The summed E-state index contributed by atoms with van der Waals surface area (Å²) in [5.74, 6) is 0.133. The number of hydrogen-bond acceptors (Lipinski definition) is 5. The summed E-state index contributed by atoms with van der Waals surface area (Å²) in [5, 5.41) is 7.74. The Bertz CT molecular complexity index is 915. The monoisotopic (exact) mass is 365 g/mol. The van der Waals surface area contributed by atoms with Crippen molar-refractivity contribution in [2.24, 2.45) is 5.10 Å². The van der Waals surface area contributed by atoms with E-state index >= 15 is 0 Å². The standard InChI is InChI=1S/C19H16ClN5O/c20-16-4-1-3-15(11-16)13-24-25-19(26)17-5-2-8-22-18(17)23-12-14-6-9-21-10-7-14/h1-11,13H,12H2,(H,22,23)(H,25,26)/b24-13+. The van der Waals surface area contributed by atoms with E-state index in [-0.39, 0.29) is 5.91 Å². The van der Waals surface area contributed by atoms with E-state index in [0.717, 1.165) is 11.1 Å². The van der Waals surface area contributed by atoms with Crippen molar-refractivity contribution in [1.82, 2.24) is 15.4 Å². The van der Waals surface area contributed by atoms with Crippen LogP contribution in [0.25, 0.3) is 0 Å². The first kappa shape index (κ1) is 17.6. The summed E-state index contributed by atoms with van der Waals surface area (Å²) in [7, 11) is 0. The van der Waals surface area contributed by atoms with Gasteiger partial charge in [0.25, 0.3) is 5.91 Å². The fraction of sp³-hybridized carbons (Fsp3) is 0.0526. The van der Waals surface area contributed by atoms with Gasteiger partial charge in [-0.3, -0.25) is 9.78 Å². The lowest BCUT2D eigenvalue weighted by molar-refractivity contribution is 0.0955. The molecule has 3 rings (SSSR count). The van der Waals surface area contributed by atoms with Crippen molar-refractivity contribution in [3.63, 3.8) is 0 Å². The van der Waals surface area contributed by atoms with Crippen molar-refractivity contribution in [3.05, 3.63) is 88.8 Å². The van der Waals surface area contributed by atoms with Crippen LogP contribution in [0, 0.1) is 0 Å². The van der Waals surface area contributed by atoms with Crippen LogP contribution >= 0.6 is 11.6 Å². The van der Waals surface area contributed by atoms with Crippen LogP contribution in [0.15, 0.2) is 72.2 Å². The summed E-state index contributed by atoms with van der Waals surface area (Å²) in [6.45, 7) is 0.533. The largest absolute Gasteiger partial charge is 0.365 e. The molecule has 6 nitrogen and oxygen atoms in total. The van der Waals surface area contributed by atoms with Crippen molar-refractivity contribution in [3.8, 4) is 0 Å².